The number of aryl methyl sites for hydroxylation is 2. The summed E-state index contributed by atoms with van der Waals surface area (Å²) < 4.78 is 28.2. The third-order valence-corrected chi connectivity index (χ3v) is 5.85. The third-order valence-electron chi connectivity index (χ3n) is 4.82. The van der Waals surface area contributed by atoms with Crippen molar-refractivity contribution in [3.63, 3.8) is 0 Å². The normalized spacial score (nSPS) is 11.1. The Hall–Kier alpha value is -3.19. The zero-order valence-electron chi connectivity index (χ0n) is 16.5. The predicted octanol–water partition coefficient (Wildman–Crippen LogP) is 5.36. The van der Waals surface area contributed by atoms with Crippen LogP contribution in [0.1, 0.15) is 22.4 Å². The second-order valence-electron chi connectivity index (χ2n) is 7.14. The maximum absolute atomic E-state index is 14.2. The average molecular weight is 423 g/mol. The first kappa shape index (κ1) is 20.1. The topological polar surface area (TPSA) is 46.1 Å². The number of fused-ring (bicyclic) bond motifs is 1. The summed E-state index contributed by atoms with van der Waals surface area (Å²) >= 11 is 1.08. The molecule has 0 aliphatic heterocycles. The Kier molecular flexibility index (Phi) is 5.55. The Morgan fingerprint density at radius 1 is 1.10 bits per heavy atom. The molecular weight excluding hydrogens is 404 g/mol. The monoisotopic (exact) mass is 423 g/mol. The molecule has 2 aromatic carbocycles. The van der Waals surface area contributed by atoms with E-state index in [1.807, 2.05) is 44.2 Å². The van der Waals surface area contributed by atoms with E-state index in [2.05, 4.69) is 9.97 Å². The zero-order valence-corrected chi connectivity index (χ0v) is 17.3. The standard InChI is InChI=1S/C23H19F2N3OS/c1-14-6-7-16(15(2)9-14)10-21(29)28(13-18-5-3-4-8-26-18)23-27-22-19(25)11-17(24)12-20(22)30-23/h3-9,11-12H,10,13H2,1-2H3. The summed E-state index contributed by atoms with van der Waals surface area (Å²) in [6.07, 6.45) is 1.82. The van der Waals surface area contributed by atoms with Gasteiger partial charge in [0.2, 0.25) is 5.91 Å². The van der Waals surface area contributed by atoms with Crippen molar-refractivity contribution in [3.8, 4) is 0 Å². The summed E-state index contributed by atoms with van der Waals surface area (Å²) in [5.74, 6) is -1.60. The number of pyridine rings is 1. The molecule has 4 nitrogen and oxygen atoms in total. The van der Waals surface area contributed by atoms with Crippen LogP contribution in [0, 0.1) is 25.5 Å². The maximum atomic E-state index is 14.2. The maximum Gasteiger partial charge on any atom is 0.233 e. The predicted molar refractivity (Wildman–Crippen MR) is 115 cm³/mol. The number of anilines is 1. The number of hydrogen-bond donors (Lipinski definition) is 0. The lowest BCUT2D eigenvalue weighted by atomic mass is 10.0. The van der Waals surface area contributed by atoms with Crippen molar-refractivity contribution in [1.29, 1.82) is 0 Å². The zero-order chi connectivity index (χ0) is 21.3. The molecule has 0 saturated heterocycles. The van der Waals surface area contributed by atoms with Gasteiger partial charge in [0.15, 0.2) is 10.9 Å². The SMILES string of the molecule is Cc1ccc(CC(=O)N(Cc2ccccn2)c2nc3c(F)cc(F)cc3s2)c(C)c1. The van der Waals surface area contributed by atoms with Crippen molar-refractivity contribution in [2.75, 3.05) is 4.90 Å². The number of hydrogen-bond acceptors (Lipinski definition) is 4. The van der Waals surface area contributed by atoms with E-state index in [1.165, 1.54) is 11.0 Å². The molecule has 2 heterocycles. The van der Waals surface area contributed by atoms with Crippen LogP contribution in [0.15, 0.2) is 54.7 Å². The molecule has 0 aliphatic rings. The van der Waals surface area contributed by atoms with E-state index in [4.69, 9.17) is 0 Å². The van der Waals surface area contributed by atoms with Gasteiger partial charge in [-0.05, 0) is 43.2 Å². The van der Waals surface area contributed by atoms with Gasteiger partial charge in [0, 0.05) is 12.3 Å². The number of carbonyl (C=O) groups is 1. The first-order valence-corrected chi connectivity index (χ1v) is 10.2. The van der Waals surface area contributed by atoms with Crippen LogP contribution >= 0.6 is 11.3 Å². The van der Waals surface area contributed by atoms with Crippen LogP contribution in [-0.4, -0.2) is 15.9 Å². The fraction of sp³-hybridized carbons (Fsp3) is 0.174. The van der Waals surface area contributed by atoms with Crippen LogP contribution in [0.2, 0.25) is 0 Å². The minimum absolute atomic E-state index is 0.0572. The number of thiazole rings is 1. The number of rotatable bonds is 5. The van der Waals surface area contributed by atoms with E-state index in [1.54, 1.807) is 12.3 Å². The van der Waals surface area contributed by atoms with Crippen LogP contribution in [0.3, 0.4) is 0 Å². The minimum atomic E-state index is -0.743. The van der Waals surface area contributed by atoms with E-state index < -0.39 is 11.6 Å². The second kappa shape index (κ2) is 8.28. The lowest BCUT2D eigenvalue weighted by Crippen LogP contribution is -2.32. The van der Waals surface area contributed by atoms with E-state index in [0.717, 1.165) is 34.1 Å². The second-order valence-corrected chi connectivity index (χ2v) is 8.15. The van der Waals surface area contributed by atoms with Crippen molar-refractivity contribution in [3.05, 3.63) is 88.7 Å². The summed E-state index contributed by atoms with van der Waals surface area (Å²) in [5, 5.41) is 0.315. The molecule has 0 unspecified atom stereocenters. The van der Waals surface area contributed by atoms with Gasteiger partial charge in [0.25, 0.3) is 0 Å². The number of aromatic nitrogens is 2. The van der Waals surface area contributed by atoms with Gasteiger partial charge in [0.05, 0.1) is 23.4 Å². The number of nitrogens with zero attached hydrogens (tertiary/aromatic N) is 3. The van der Waals surface area contributed by atoms with Gasteiger partial charge in [-0.25, -0.2) is 13.8 Å². The molecule has 4 aromatic rings. The van der Waals surface area contributed by atoms with E-state index in [-0.39, 0.29) is 24.4 Å². The molecule has 0 saturated carbocycles. The summed E-state index contributed by atoms with van der Waals surface area (Å²) in [6.45, 7) is 4.16. The Bertz CT molecular complexity index is 1220. The highest BCUT2D eigenvalue weighted by atomic mass is 32.1. The van der Waals surface area contributed by atoms with Crippen LogP contribution in [-0.2, 0) is 17.8 Å². The fourth-order valence-electron chi connectivity index (χ4n) is 3.28. The van der Waals surface area contributed by atoms with Crippen LogP contribution in [0.4, 0.5) is 13.9 Å². The Morgan fingerprint density at radius 2 is 1.93 bits per heavy atom. The van der Waals surface area contributed by atoms with Gasteiger partial charge >= 0.3 is 0 Å². The molecule has 30 heavy (non-hydrogen) atoms. The Labute approximate surface area is 176 Å². The average Bonchev–Trinajstić information content (AvgIpc) is 3.13. The highest BCUT2D eigenvalue weighted by Gasteiger charge is 2.23. The van der Waals surface area contributed by atoms with Crippen molar-refractivity contribution in [1.82, 2.24) is 9.97 Å². The molecule has 1 amide bonds. The van der Waals surface area contributed by atoms with Crippen LogP contribution < -0.4 is 4.90 Å². The number of carbonyl (C=O) groups excluding carboxylic acids is 1. The van der Waals surface area contributed by atoms with Crippen LogP contribution in [0.25, 0.3) is 10.2 Å². The molecule has 0 atom stereocenters. The van der Waals surface area contributed by atoms with Gasteiger partial charge in [-0.3, -0.25) is 14.7 Å². The quantitative estimate of drug-likeness (QED) is 0.434. The van der Waals surface area contributed by atoms with Gasteiger partial charge in [-0.1, -0.05) is 41.2 Å². The van der Waals surface area contributed by atoms with Crippen molar-refractivity contribution < 1.29 is 13.6 Å². The van der Waals surface area contributed by atoms with E-state index in [0.29, 0.717) is 15.5 Å². The first-order chi connectivity index (χ1) is 14.4. The highest BCUT2D eigenvalue weighted by Crippen LogP contribution is 2.32. The highest BCUT2D eigenvalue weighted by molar-refractivity contribution is 7.22. The van der Waals surface area contributed by atoms with E-state index >= 15 is 0 Å². The molecule has 7 heteroatoms. The molecule has 0 fully saturated rings. The van der Waals surface area contributed by atoms with Gasteiger partial charge in [-0.15, -0.1) is 0 Å². The van der Waals surface area contributed by atoms with Gasteiger partial charge < -0.3 is 0 Å². The van der Waals surface area contributed by atoms with Gasteiger partial charge in [0.1, 0.15) is 11.3 Å². The summed E-state index contributed by atoms with van der Waals surface area (Å²) in [5.41, 5.74) is 3.80. The van der Waals surface area contributed by atoms with Crippen molar-refractivity contribution in [2.24, 2.45) is 0 Å². The van der Waals surface area contributed by atoms with E-state index in [9.17, 15) is 13.6 Å². The molecule has 0 spiro atoms. The Morgan fingerprint density at radius 3 is 2.67 bits per heavy atom. The lowest BCUT2D eigenvalue weighted by Gasteiger charge is -2.20. The smallest absolute Gasteiger partial charge is 0.233 e. The largest absolute Gasteiger partial charge is 0.282 e. The van der Waals surface area contributed by atoms with Gasteiger partial charge in [-0.2, -0.15) is 0 Å². The Balaban J connectivity index is 1.72. The lowest BCUT2D eigenvalue weighted by molar-refractivity contribution is -0.118. The number of benzene rings is 2. The fourth-order valence-corrected chi connectivity index (χ4v) is 4.30. The number of halogens is 2. The number of amides is 1. The summed E-state index contributed by atoms with van der Waals surface area (Å²) in [4.78, 5) is 23.4. The first-order valence-electron chi connectivity index (χ1n) is 9.42. The molecule has 2 aromatic heterocycles. The molecule has 152 valence electrons. The molecule has 0 aliphatic carbocycles. The van der Waals surface area contributed by atoms with Crippen molar-refractivity contribution >= 4 is 32.6 Å². The molecular formula is C23H19F2N3OS. The minimum Gasteiger partial charge on any atom is -0.282 e. The van der Waals surface area contributed by atoms with Crippen molar-refractivity contribution in [2.45, 2.75) is 26.8 Å². The molecule has 0 radical (unpaired) electrons. The summed E-state index contributed by atoms with van der Waals surface area (Å²) in [6, 6.07) is 13.4. The summed E-state index contributed by atoms with van der Waals surface area (Å²) in [7, 11) is 0. The molecule has 0 bridgehead atoms. The van der Waals surface area contributed by atoms with Crippen LogP contribution in [0.5, 0.6) is 0 Å². The molecule has 0 N–H and O–H groups in total. The third kappa shape index (κ3) is 4.21. The molecule has 4 rings (SSSR count).